The normalized spacial score (nSPS) is 13.6. The summed E-state index contributed by atoms with van der Waals surface area (Å²) in [5, 5.41) is 7.10. The molecule has 2 amide bonds. The van der Waals surface area contributed by atoms with Gasteiger partial charge in [-0.05, 0) is 48.2 Å². The lowest BCUT2D eigenvalue weighted by Crippen LogP contribution is -2.38. The largest absolute Gasteiger partial charge is 0.352 e. The molecule has 1 aliphatic heterocycles. The maximum atomic E-state index is 12.3. The minimum atomic E-state index is -0.0234. The Labute approximate surface area is 200 Å². The summed E-state index contributed by atoms with van der Waals surface area (Å²) in [5.74, 6) is 0.788. The molecule has 30 heavy (non-hydrogen) atoms. The summed E-state index contributed by atoms with van der Waals surface area (Å²) < 4.78 is 0. The van der Waals surface area contributed by atoms with Gasteiger partial charge in [0.2, 0.25) is 0 Å². The Kier molecular flexibility index (Phi) is 9.71. The third-order valence-electron chi connectivity index (χ3n) is 4.90. The molecule has 0 atom stereocenters. The van der Waals surface area contributed by atoms with Crippen molar-refractivity contribution in [2.45, 2.75) is 25.9 Å². The average Bonchev–Trinajstić information content (AvgIpc) is 3.24. The van der Waals surface area contributed by atoms with Crippen molar-refractivity contribution in [3.63, 3.8) is 0 Å². The molecule has 0 aromatic heterocycles. The van der Waals surface area contributed by atoms with Gasteiger partial charge in [0.05, 0.1) is 0 Å². The van der Waals surface area contributed by atoms with E-state index in [0.717, 1.165) is 53.7 Å². The molecule has 1 heterocycles. The quantitative estimate of drug-likeness (QED) is 0.325. The molecule has 2 aromatic rings. The van der Waals surface area contributed by atoms with Gasteiger partial charge in [-0.25, -0.2) is 4.79 Å². The number of anilines is 1. The topological polar surface area (TPSA) is 60.0 Å². The van der Waals surface area contributed by atoms with E-state index in [2.05, 4.69) is 15.6 Å². The molecular formula is C22H29ClIN5O. The minimum absolute atomic E-state index is 0. The molecule has 0 bridgehead atoms. The molecule has 0 aliphatic carbocycles. The van der Waals surface area contributed by atoms with Crippen molar-refractivity contribution in [2.24, 2.45) is 4.99 Å². The summed E-state index contributed by atoms with van der Waals surface area (Å²) in [6.07, 6.45) is 2.17. The van der Waals surface area contributed by atoms with Crippen LogP contribution >= 0.6 is 35.6 Å². The van der Waals surface area contributed by atoms with E-state index in [9.17, 15) is 4.79 Å². The van der Waals surface area contributed by atoms with Gasteiger partial charge in [-0.2, -0.15) is 0 Å². The van der Waals surface area contributed by atoms with Crippen LogP contribution in [0.4, 0.5) is 10.5 Å². The summed E-state index contributed by atoms with van der Waals surface area (Å²) in [6, 6.07) is 15.7. The van der Waals surface area contributed by atoms with E-state index in [4.69, 9.17) is 11.6 Å². The van der Waals surface area contributed by atoms with Crippen LogP contribution < -0.4 is 10.6 Å². The molecule has 1 aliphatic rings. The van der Waals surface area contributed by atoms with Gasteiger partial charge in [-0.1, -0.05) is 35.9 Å². The van der Waals surface area contributed by atoms with Crippen LogP contribution in [0.3, 0.4) is 0 Å². The number of amides is 2. The summed E-state index contributed by atoms with van der Waals surface area (Å²) in [4.78, 5) is 20.6. The molecule has 2 N–H and O–H groups in total. The second-order valence-corrected chi connectivity index (χ2v) is 7.65. The number of carbonyl (C=O) groups is 1. The van der Waals surface area contributed by atoms with Gasteiger partial charge in [-0.3, -0.25) is 4.99 Å². The average molecular weight is 542 g/mol. The number of carbonyl (C=O) groups excluding carboxylic acids is 1. The molecule has 6 nitrogen and oxygen atoms in total. The van der Waals surface area contributed by atoms with E-state index >= 15 is 0 Å². The van der Waals surface area contributed by atoms with Crippen LogP contribution in [-0.4, -0.2) is 49.0 Å². The third-order valence-corrected chi connectivity index (χ3v) is 5.14. The fourth-order valence-electron chi connectivity index (χ4n) is 3.43. The van der Waals surface area contributed by atoms with Crippen LogP contribution in [0.5, 0.6) is 0 Å². The SMILES string of the molecule is CN=C(NCc1cccc(NC(=O)N2CCCC2)c1)N(C)Cc1cccc(Cl)c1.I. The van der Waals surface area contributed by atoms with Gasteiger partial charge in [0.15, 0.2) is 5.96 Å². The van der Waals surface area contributed by atoms with Gasteiger partial charge in [0, 0.05) is 51.0 Å². The molecule has 1 fully saturated rings. The van der Waals surface area contributed by atoms with Crippen LogP contribution in [0.1, 0.15) is 24.0 Å². The molecule has 3 rings (SSSR count). The number of likely N-dealkylation sites (tertiary alicyclic amines) is 1. The second kappa shape index (κ2) is 12.0. The second-order valence-electron chi connectivity index (χ2n) is 7.21. The van der Waals surface area contributed by atoms with E-state index in [-0.39, 0.29) is 30.0 Å². The predicted octanol–water partition coefficient (Wildman–Crippen LogP) is 4.79. The van der Waals surface area contributed by atoms with Crippen molar-refractivity contribution >= 4 is 53.3 Å². The van der Waals surface area contributed by atoms with E-state index in [1.807, 2.05) is 65.4 Å². The number of guanidine groups is 1. The Hall–Kier alpha value is -2.00. The maximum Gasteiger partial charge on any atom is 0.321 e. The van der Waals surface area contributed by atoms with E-state index in [0.29, 0.717) is 13.1 Å². The first-order valence-electron chi connectivity index (χ1n) is 9.86. The van der Waals surface area contributed by atoms with Crippen molar-refractivity contribution in [1.29, 1.82) is 0 Å². The summed E-state index contributed by atoms with van der Waals surface area (Å²) in [7, 11) is 3.76. The molecular weight excluding hydrogens is 513 g/mol. The first kappa shape index (κ1) is 24.3. The Morgan fingerprint density at radius 3 is 2.53 bits per heavy atom. The zero-order valence-electron chi connectivity index (χ0n) is 17.4. The molecule has 0 radical (unpaired) electrons. The Bertz CT molecular complexity index is 870. The van der Waals surface area contributed by atoms with Crippen molar-refractivity contribution in [3.05, 3.63) is 64.7 Å². The number of aliphatic imine (C=N–C) groups is 1. The number of nitrogens with zero attached hydrogens (tertiary/aromatic N) is 3. The fraction of sp³-hybridized carbons (Fsp3) is 0.364. The smallest absolute Gasteiger partial charge is 0.321 e. The Morgan fingerprint density at radius 1 is 1.13 bits per heavy atom. The zero-order valence-corrected chi connectivity index (χ0v) is 20.5. The van der Waals surface area contributed by atoms with E-state index in [1.165, 1.54) is 0 Å². The molecule has 8 heteroatoms. The van der Waals surface area contributed by atoms with Crippen LogP contribution in [-0.2, 0) is 13.1 Å². The highest BCUT2D eigenvalue weighted by molar-refractivity contribution is 14.0. The Morgan fingerprint density at radius 2 is 1.83 bits per heavy atom. The van der Waals surface area contributed by atoms with Gasteiger partial charge in [0.25, 0.3) is 0 Å². The highest BCUT2D eigenvalue weighted by Crippen LogP contribution is 2.15. The standard InChI is InChI=1S/C22H28ClN5O.HI/c1-24-21(27(2)16-18-8-5-9-19(23)13-18)25-15-17-7-6-10-20(14-17)26-22(29)28-11-3-4-12-28;/h5-10,13-14H,3-4,11-12,15-16H2,1-2H3,(H,24,25)(H,26,29);1H. The molecule has 162 valence electrons. The summed E-state index contributed by atoms with van der Waals surface area (Å²) >= 11 is 6.08. The molecule has 1 saturated heterocycles. The lowest BCUT2D eigenvalue weighted by atomic mass is 10.2. The minimum Gasteiger partial charge on any atom is -0.352 e. The molecule has 0 unspecified atom stereocenters. The van der Waals surface area contributed by atoms with Crippen LogP contribution in [0.15, 0.2) is 53.5 Å². The number of hydrogen-bond acceptors (Lipinski definition) is 2. The van der Waals surface area contributed by atoms with Crippen LogP contribution in [0, 0.1) is 0 Å². The van der Waals surface area contributed by atoms with Crippen molar-refractivity contribution in [2.75, 3.05) is 32.5 Å². The molecule has 0 saturated carbocycles. The number of urea groups is 1. The lowest BCUT2D eigenvalue weighted by molar-refractivity contribution is 0.222. The number of rotatable bonds is 5. The molecule has 0 spiro atoms. The maximum absolute atomic E-state index is 12.3. The van der Waals surface area contributed by atoms with Gasteiger partial charge in [-0.15, -0.1) is 24.0 Å². The zero-order chi connectivity index (χ0) is 20.6. The van der Waals surface area contributed by atoms with Gasteiger partial charge in [0.1, 0.15) is 0 Å². The van der Waals surface area contributed by atoms with Crippen molar-refractivity contribution < 1.29 is 4.79 Å². The fourth-order valence-corrected chi connectivity index (χ4v) is 3.64. The number of benzene rings is 2. The van der Waals surface area contributed by atoms with Crippen molar-refractivity contribution in [3.8, 4) is 0 Å². The summed E-state index contributed by atoms with van der Waals surface area (Å²) in [6.45, 7) is 2.98. The number of nitrogens with one attached hydrogen (secondary N) is 2. The predicted molar refractivity (Wildman–Crippen MR) is 135 cm³/mol. The highest BCUT2D eigenvalue weighted by Gasteiger charge is 2.17. The van der Waals surface area contributed by atoms with Gasteiger partial charge >= 0.3 is 6.03 Å². The van der Waals surface area contributed by atoms with Gasteiger partial charge < -0.3 is 20.4 Å². The van der Waals surface area contributed by atoms with E-state index in [1.54, 1.807) is 7.05 Å². The van der Waals surface area contributed by atoms with Crippen molar-refractivity contribution in [1.82, 2.24) is 15.1 Å². The first-order valence-corrected chi connectivity index (χ1v) is 10.2. The van der Waals surface area contributed by atoms with E-state index < -0.39 is 0 Å². The Balaban J connectivity index is 0.00000320. The monoisotopic (exact) mass is 541 g/mol. The third kappa shape index (κ3) is 7.05. The summed E-state index contributed by atoms with van der Waals surface area (Å²) in [5.41, 5.74) is 3.00. The molecule has 2 aromatic carbocycles. The highest BCUT2D eigenvalue weighted by atomic mass is 127. The first-order chi connectivity index (χ1) is 14.0. The number of halogens is 2. The lowest BCUT2D eigenvalue weighted by Gasteiger charge is -2.22. The van der Waals surface area contributed by atoms with Crippen LogP contribution in [0.25, 0.3) is 0 Å². The van der Waals surface area contributed by atoms with Crippen LogP contribution in [0.2, 0.25) is 5.02 Å². The number of hydrogen-bond donors (Lipinski definition) is 2.